The Hall–Kier alpha value is -1.46. The highest BCUT2D eigenvalue weighted by Gasteiger charge is 2.28. The van der Waals surface area contributed by atoms with E-state index in [-0.39, 0.29) is 12.2 Å². The molecule has 2 atom stereocenters. The van der Waals surface area contributed by atoms with Gasteiger partial charge in [-0.1, -0.05) is 0 Å². The first-order valence-electron chi connectivity index (χ1n) is 5.26. The Balaban J connectivity index is 0.000000160. The van der Waals surface area contributed by atoms with E-state index >= 15 is 0 Å². The Morgan fingerprint density at radius 2 is 1.31 bits per heavy atom. The van der Waals surface area contributed by atoms with Gasteiger partial charge in [0.05, 0.1) is 13.2 Å². The quantitative estimate of drug-likeness (QED) is 0.594. The highest BCUT2D eigenvalue weighted by atomic mass is 16.8. The molecule has 2 aliphatic heterocycles. The molecule has 2 saturated heterocycles. The summed E-state index contributed by atoms with van der Waals surface area (Å²) in [6, 6.07) is 0. The Morgan fingerprint density at radius 1 is 0.875 bits per heavy atom. The van der Waals surface area contributed by atoms with Crippen molar-refractivity contribution < 1.29 is 28.5 Å². The number of rotatable bonds is 0. The third-order valence-electron chi connectivity index (χ3n) is 2.20. The van der Waals surface area contributed by atoms with Crippen molar-refractivity contribution in [1.82, 2.24) is 0 Å². The first kappa shape index (κ1) is 12.6. The maximum Gasteiger partial charge on any atom is 0.509 e. The van der Waals surface area contributed by atoms with E-state index in [1.54, 1.807) is 13.8 Å². The van der Waals surface area contributed by atoms with E-state index in [4.69, 9.17) is 0 Å². The van der Waals surface area contributed by atoms with Crippen molar-refractivity contribution in [2.24, 2.45) is 0 Å². The zero-order valence-electron chi connectivity index (χ0n) is 9.43. The van der Waals surface area contributed by atoms with E-state index in [1.165, 1.54) is 0 Å². The fourth-order valence-electron chi connectivity index (χ4n) is 1.08. The molecule has 2 unspecified atom stereocenters. The third kappa shape index (κ3) is 4.37. The summed E-state index contributed by atoms with van der Waals surface area (Å²) in [6.45, 7) is 4.63. The summed E-state index contributed by atoms with van der Waals surface area (Å²) in [5.74, 6) is 0. The van der Waals surface area contributed by atoms with E-state index in [2.05, 4.69) is 18.9 Å². The van der Waals surface area contributed by atoms with Gasteiger partial charge in [0.15, 0.2) is 0 Å². The topological polar surface area (TPSA) is 71.1 Å². The van der Waals surface area contributed by atoms with Gasteiger partial charge in [-0.2, -0.15) is 0 Å². The van der Waals surface area contributed by atoms with Crippen LogP contribution in [0.15, 0.2) is 0 Å². The minimum Gasteiger partial charge on any atom is -0.434 e. The van der Waals surface area contributed by atoms with Crippen LogP contribution < -0.4 is 0 Å². The summed E-state index contributed by atoms with van der Waals surface area (Å²) in [6.07, 6.45) is 0.606. The molecule has 0 saturated carbocycles. The van der Waals surface area contributed by atoms with Gasteiger partial charge in [0.2, 0.25) is 0 Å². The van der Waals surface area contributed by atoms with Crippen molar-refractivity contribution in [2.45, 2.75) is 38.9 Å². The molecule has 0 aromatic carbocycles. The minimum atomic E-state index is -0.551. The van der Waals surface area contributed by atoms with Crippen LogP contribution in [0.3, 0.4) is 0 Å². The molecule has 0 spiro atoms. The predicted molar refractivity (Wildman–Crippen MR) is 53.0 cm³/mol. The first-order chi connectivity index (χ1) is 7.59. The average Bonchev–Trinajstić information content (AvgIpc) is 2.45. The number of hydrogen-bond donors (Lipinski definition) is 0. The maximum atomic E-state index is 10.2. The van der Waals surface area contributed by atoms with E-state index in [1.807, 2.05) is 0 Å². The maximum absolute atomic E-state index is 10.2. The van der Waals surface area contributed by atoms with Gasteiger partial charge in [0, 0.05) is 0 Å². The summed E-state index contributed by atoms with van der Waals surface area (Å²) in [7, 11) is 0. The first-order valence-corrected chi connectivity index (χ1v) is 5.26. The van der Waals surface area contributed by atoms with Crippen LogP contribution in [0.2, 0.25) is 0 Å². The number of ether oxygens (including phenoxy) is 4. The average molecular weight is 232 g/mol. The van der Waals surface area contributed by atoms with Crippen LogP contribution in [0.5, 0.6) is 0 Å². The minimum absolute atomic E-state index is 0.0810. The van der Waals surface area contributed by atoms with Gasteiger partial charge in [-0.15, -0.1) is 0 Å². The zero-order valence-corrected chi connectivity index (χ0v) is 9.43. The fourth-order valence-corrected chi connectivity index (χ4v) is 1.08. The van der Waals surface area contributed by atoms with Crippen LogP contribution in [0.1, 0.15) is 26.7 Å². The second kappa shape index (κ2) is 6.19. The molecule has 2 heterocycles. The molecule has 16 heavy (non-hydrogen) atoms. The third-order valence-corrected chi connectivity index (χ3v) is 2.20. The van der Waals surface area contributed by atoms with Crippen LogP contribution in [0.4, 0.5) is 9.59 Å². The number of hydrogen-bond acceptors (Lipinski definition) is 6. The monoisotopic (exact) mass is 232 g/mol. The van der Waals surface area contributed by atoms with Crippen LogP contribution in [-0.4, -0.2) is 37.7 Å². The number of cyclic esters (lactones) is 4. The number of carbonyl (C=O) groups excluding carboxylic acids is 2. The van der Waals surface area contributed by atoms with Crippen molar-refractivity contribution in [3.05, 3.63) is 0 Å². The predicted octanol–water partition coefficient (Wildman–Crippen LogP) is 1.86. The molecule has 0 aromatic heterocycles. The summed E-state index contributed by atoms with van der Waals surface area (Å²) < 4.78 is 18.3. The molecular formula is C10H16O6. The molecule has 0 bridgehead atoms. The smallest absolute Gasteiger partial charge is 0.434 e. The van der Waals surface area contributed by atoms with Gasteiger partial charge in [0.25, 0.3) is 0 Å². The van der Waals surface area contributed by atoms with Gasteiger partial charge in [-0.3, -0.25) is 0 Å². The van der Waals surface area contributed by atoms with Gasteiger partial charge >= 0.3 is 12.3 Å². The molecule has 2 rings (SSSR count). The second-order valence-corrected chi connectivity index (χ2v) is 3.55. The number of carbonyl (C=O) groups is 2. The van der Waals surface area contributed by atoms with Crippen molar-refractivity contribution in [2.75, 3.05) is 13.2 Å². The molecule has 0 amide bonds. The van der Waals surface area contributed by atoms with Gasteiger partial charge in [-0.05, 0) is 26.7 Å². The van der Waals surface area contributed by atoms with Crippen LogP contribution in [0, 0.1) is 0 Å². The second-order valence-electron chi connectivity index (χ2n) is 3.55. The molecule has 0 N–H and O–H groups in total. The molecule has 2 fully saturated rings. The van der Waals surface area contributed by atoms with Crippen LogP contribution >= 0.6 is 0 Å². The Bertz CT molecular complexity index is 228. The highest BCUT2D eigenvalue weighted by molar-refractivity contribution is 5.62. The van der Waals surface area contributed by atoms with Crippen molar-refractivity contribution in [3.63, 3.8) is 0 Å². The summed E-state index contributed by atoms with van der Waals surface area (Å²) in [4.78, 5) is 20.5. The van der Waals surface area contributed by atoms with Gasteiger partial charge < -0.3 is 18.9 Å². The molecule has 0 aliphatic carbocycles. The normalized spacial score (nSPS) is 28.6. The summed E-state index contributed by atoms with van der Waals surface area (Å²) in [5.41, 5.74) is 0. The molecule has 6 heteroatoms. The van der Waals surface area contributed by atoms with Crippen LogP contribution in [0.25, 0.3) is 0 Å². The highest BCUT2D eigenvalue weighted by Crippen LogP contribution is 2.12. The van der Waals surface area contributed by atoms with Crippen molar-refractivity contribution >= 4 is 12.3 Å². The molecule has 2 aliphatic rings. The molecular weight excluding hydrogens is 216 g/mol. The lowest BCUT2D eigenvalue weighted by Gasteiger charge is -2.00. The molecule has 0 aromatic rings. The van der Waals surface area contributed by atoms with E-state index in [0.717, 1.165) is 12.8 Å². The Labute approximate surface area is 93.8 Å². The van der Waals surface area contributed by atoms with Crippen molar-refractivity contribution in [3.8, 4) is 0 Å². The largest absolute Gasteiger partial charge is 0.509 e. The zero-order chi connectivity index (χ0) is 12.0. The SMILES string of the molecule is CC1OC(=O)OC1C.O=C1OCCCCO1. The molecule has 0 radical (unpaired) electrons. The van der Waals surface area contributed by atoms with E-state index in [9.17, 15) is 9.59 Å². The van der Waals surface area contributed by atoms with E-state index < -0.39 is 12.3 Å². The molecule has 6 nitrogen and oxygen atoms in total. The lowest BCUT2D eigenvalue weighted by Crippen LogP contribution is -2.13. The van der Waals surface area contributed by atoms with E-state index in [0.29, 0.717) is 13.2 Å². The standard InChI is InChI=1S/2C5H8O3/c1-3-4(2)8-5(6)7-3;6-5-7-3-1-2-4-8-5/h3-4H,1-2H3;1-4H2. The van der Waals surface area contributed by atoms with Crippen LogP contribution in [-0.2, 0) is 18.9 Å². The van der Waals surface area contributed by atoms with Gasteiger partial charge in [0.1, 0.15) is 12.2 Å². The summed E-state index contributed by atoms with van der Waals surface area (Å²) >= 11 is 0. The van der Waals surface area contributed by atoms with Gasteiger partial charge in [-0.25, -0.2) is 9.59 Å². The molecule has 92 valence electrons. The Kier molecular flexibility index (Phi) is 4.88. The van der Waals surface area contributed by atoms with Crippen molar-refractivity contribution in [1.29, 1.82) is 0 Å². The lowest BCUT2D eigenvalue weighted by molar-refractivity contribution is 0.0728. The Morgan fingerprint density at radius 3 is 1.62 bits per heavy atom. The lowest BCUT2D eigenvalue weighted by atomic mass is 10.3. The fraction of sp³-hybridized carbons (Fsp3) is 0.800. The summed E-state index contributed by atoms with van der Waals surface area (Å²) in [5, 5.41) is 0.